The molecule has 1 aromatic rings. The van der Waals surface area contributed by atoms with Gasteiger partial charge in [-0.2, -0.15) is 0 Å². The molecule has 1 N–H and O–H groups in total. The van der Waals surface area contributed by atoms with Crippen molar-refractivity contribution in [2.24, 2.45) is 0 Å². The minimum Gasteiger partial charge on any atom is -0.370 e. The van der Waals surface area contributed by atoms with Gasteiger partial charge < -0.3 is 10.2 Å². The van der Waals surface area contributed by atoms with E-state index in [0.717, 1.165) is 38.0 Å². The van der Waals surface area contributed by atoms with E-state index in [2.05, 4.69) is 10.2 Å². The first-order chi connectivity index (χ1) is 9.94. The Morgan fingerprint density at radius 2 is 1.81 bits per heavy atom. The summed E-state index contributed by atoms with van der Waals surface area (Å²) in [5.74, 6) is 0. The van der Waals surface area contributed by atoms with Crippen LogP contribution in [0.5, 0.6) is 0 Å². The average Bonchev–Trinajstić information content (AvgIpc) is 2.75. The molecule has 21 heavy (non-hydrogen) atoms. The molecule has 1 heterocycles. The first kappa shape index (κ1) is 16.3. The maximum Gasteiger partial charge on any atom is 0.244 e. The molecule has 0 amide bonds. The predicted molar refractivity (Wildman–Crippen MR) is 86.2 cm³/mol. The lowest BCUT2D eigenvalue weighted by molar-refractivity contribution is 0.518. The normalized spacial score (nSPS) is 20.3. The zero-order chi connectivity index (χ0) is 15.5. The Morgan fingerprint density at radius 1 is 1.10 bits per heavy atom. The van der Waals surface area contributed by atoms with Crippen molar-refractivity contribution < 1.29 is 8.42 Å². The number of nitrogens with zero attached hydrogens (tertiary/aromatic N) is 2. The summed E-state index contributed by atoms with van der Waals surface area (Å²) >= 11 is 0. The topological polar surface area (TPSA) is 52.7 Å². The molecule has 0 saturated carbocycles. The van der Waals surface area contributed by atoms with Gasteiger partial charge >= 0.3 is 0 Å². The molecule has 0 aliphatic carbocycles. The van der Waals surface area contributed by atoms with Crippen LogP contribution in [0, 0.1) is 0 Å². The highest BCUT2D eigenvalue weighted by Crippen LogP contribution is 2.29. The van der Waals surface area contributed by atoms with Gasteiger partial charge in [-0.3, -0.25) is 0 Å². The molecule has 0 bridgehead atoms. The SMILES string of the molecule is CN(c1ccccc1S(=O)(=O)N(C)C)C1CCCNCC1. The van der Waals surface area contributed by atoms with E-state index in [1.54, 1.807) is 26.2 Å². The highest BCUT2D eigenvalue weighted by molar-refractivity contribution is 7.89. The van der Waals surface area contributed by atoms with Crippen molar-refractivity contribution in [1.82, 2.24) is 9.62 Å². The van der Waals surface area contributed by atoms with Crippen LogP contribution in [0.15, 0.2) is 29.2 Å². The summed E-state index contributed by atoms with van der Waals surface area (Å²) in [5.41, 5.74) is 0.790. The zero-order valence-corrected chi connectivity index (χ0v) is 13.9. The molecular formula is C15H25N3O2S. The van der Waals surface area contributed by atoms with Gasteiger partial charge in [0.1, 0.15) is 4.90 Å². The largest absolute Gasteiger partial charge is 0.370 e. The molecule has 0 radical (unpaired) electrons. The van der Waals surface area contributed by atoms with Crippen molar-refractivity contribution in [3.8, 4) is 0 Å². The number of hydrogen-bond acceptors (Lipinski definition) is 4. The van der Waals surface area contributed by atoms with E-state index in [0.29, 0.717) is 10.9 Å². The van der Waals surface area contributed by atoms with E-state index in [1.165, 1.54) is 4.31 Å². The number of para-hydroxylation sites is 1. The van der Waals surface area contributed by atoms with Gasteiger partial charge in [0.15, 0.2) is 0 Å². The summed E-state index contributed by atoms with van der Waals surface area (Å²) in [7, 11) is 1.72. The van der Waals surface area contributed by atoms with Gasteiger partial charge in [-0.1, -0.05) is 12.1 Å². The molecular weight excluding hydrogens is 286 g/mol. The number of benzene rings is 1. The van der Waals surface area contributed by atoms with Crippen molar-refractivity contribution >= 4 is 15.7 Å². The van der Waals surface area contributed by atoms with Crippen LogP contribution in [-0.4, -0.2) is 53.0 Å². The van der Waals surface area contributed by atoms with Crippen molar-refractivity contribution in [3.63, 3.8) is 0 Å². The minimum atomic E-state index is -3.42. The second-order valence-corrected chi connectivity index (χ2v) is 7.82. The third-order valence-electron chi connectivity index (χ3n) is 4.10. The van der Waals surface area contributed by atoms with Crippen LogP contribution in [0.3, 0.4) is 0 Å². The molecule has 0 spiro atoms. The fourth-order valence-electron chi connectivity index (χ4n) is 2.75. The molecule has 2 rings (SSSR count). The Morgan fingerprint density at radius 3 is 2.52 bits per heavy atom. The smallest absolute Gasteiger partial charge is 0.244 e. The lowest BCUT2D eigenvalue weighted by atomic mass is 10.1. The molecule has 1 saturated heterocycles. The highest BCUT2D eigenvalue weighted by Gasteiger charge is 2.25. The van der Waals surface area contributed by atoms with E-state index in [1.807, 2.05) is 19.2 Å². The van der Waals surface area contributed by atoms with Crippen LogP contribution in [-0.2, 0) is 10.0 Å². The fourth-order valence-corrected chi connectivity index (χ4v) is 3.87. The van der Waals surface area contributed by atoms with Crippen LogP contribution in [0.4, 0.5) is 5.69 Å². The number of nitrogens with one attached hydrogen (secondary N) is 1. The Labute approximate surface area is 128 Å². The van der Waals surface area contributed by atoms with Crippen LogP contribution < -0.4 is 10.2 Å². The molecule has 1 aromatic carbocycles. The molecule has 6 heteroatoms. The predicted octanol–water partition coefficient (Wildman–Crippen LogP) is 1.52. The van der Waals surface area contributed by atoms with Crippen LogP contribution in [0.25, 0.3) is 0 Å². The quantitative estimate of drug-likeness (QED) is 0.916. The second-order valence-electron chi connectivity index (χ2n) is 5.70. The molecule has 1 unspecified atom stereocenters. The molecule has 5 nitrogen and oxygen atoms in total. The zero-order valence-electron chi connectivity index (χ0n) is 13.0. The van der Waals surface area contributed by atoms with Gasteiger partial charge in [0.25, 0.3) is 0 Å². The van der Waals surface area contributed by atoms with Gasteiger partial charge in [0.2, 0.25) is 10.0 Å². The first-order valence-corrected chi connectivity index (χ1v) is 8.83. The van der Waals surface area contributed by atoms with E-state index in [9.17, 15) is 8.42 Å². The number of anilines is 1. The van der Waals surface area contributed by atoms with Crippen molar-refractivity contribution in [2.45, 2.75) is 30.2 Å². The average molecular weight is 311 g/mol. The molecule has 1 aliphatic heterocycles. The summed E-state index contributed by atoms with van der Waals surface area (Å²) in [6, 6.07) is 7.64. The maximum atomic E-state index is 12.5. The highest BCUT2D eigenvalue weighted by atomic mass is 32.2. The summed E-state index contributed by atoms with van der Waals surface area (Å²) in [4.78, 5) is 2.51. The molecule has 0 aromatic heterocycles. The monoisotopic (exact) mass is 311 g/mol. The number of rotatable bonds is 4. The van der Waals surface area contributed by atoms with Crippen molar-refractivity contribution in [3.05, 3.63) is 24.3 Å². The Bertz CT molecular complexity index is 564. The summed E-state index contributed by atoms with van der Waals surface area (Å²) < 4.78 is 26.3. The van der Waals surface area contributed by atoms with Gasteiger partial charge in [0, 0.05) is 27.2 Å². The van der Waals surface area contributed by atoms with E-state index in [-0.39, 0.29) is 0 Å². The second kappa shape index (κ2) is 6.77. The Balaban J connectivity index is 2.35. The Kier molecular flexibility index (Phi) is 5.24. The van der Waals surface area contributed by atoms with Crippen molar-refractivity contribution in [2.75, 3.05) is 39.1 Å². The third kappa shape index (κ3) is 3.56. The molecule has 118 valence electrons. The standard InChI is InChI=1S/C15H25N3O2S/c1-17(2)21(19,20)15-9-5-4-8-14(15)18(3)13-7-6-11-16-12-10-13/h4-5,8-9,13,16H,6-7,10-12H2,1-3H3. The third-order valence-corrected chi connectivity index (χ3v) is 5.96. The van der Waals surface area contributed by atoms with Gasteiger partial charge in [-0.15, -0.1) is 0 Å². The molecule has 1 fully saturated rings. The number of sulfonamides is 1. The van der Waals surface area contributed by atoms with Gasteiger partial charge in [-0.05, 0) is 44.5 Å². The maximum absolute atomic E-state index is 12.5. The van der Waals surface area contributed by atoms with Gasteiger partial charge in [0.05, 0.1) is 5.69 Å². The van der Waals surface area contributed by atoms with Crippen LogP contribution >= 0.6 is 0 Å². The van der Waals surface area contributed by atoms with Gasteiger partial charge in [-0.25, -0.2) is 12.7 Å². The summed E-state index contributed by atoms with van der Waals surface area (Å²) in [6.07, 6.45) is 3.24. The van der Waals surface area contributed by atoms with E-state index < -0.39 is 10.0 Å². The molecule has 1 aliphatic rings. The first-order valence-electron chi connectivity index (χ1n) is 7.39. The van der Waals surface area contributed by atoms with E-state index >= 15 is 0 Å². The number of hydrogen-bond donors (Lipinski definition) is 1. The van der Waals surface area contributed by atoms with Crippen LogP contribution in [0.1, 0.15) is 19.3 Å². The minimum absolute atomic E-state index is 0.374. The van der Waals surface area contributed by atoms with Crippen molar-refractivity contribution in [1.29, 1.82) is 0 Å². The lowest BCUT2D eigenvalue weighted by Gasteiger charge is -2.31. The summed E-state index contributed by atoms with van der Waals surface area (Å²) in [6.45, 7) is 2.03. The Hall–Kier alpha value is -1.11. The molecule has 1 atom stereocenters. The lowest BCUT2D eigenvalue weighted by Crippen LogP contribution is -2.34. The van der Waals surface area contributed by atoms with Crippen LogP contribution in [0.2, 0.25) is 0 Å². The summed E-state index contributed by atoms with van der Waals surface area (Å²) in [5, 5.41) is 3.39. The van der Waals surface area contributed by atoms with E-state index in [4.69, 9.17) is 0 Å². The fraction of sp³-hybridized carbons (Fsp3) is 0.600.